The third-order valence-electron chi connectivity index (χ3n) is 6.61. The van der Waals surface area contributed by atoms with Crippen molar-refractivity contribution in [2.24, 2.45) is 0 Å². The van der Waals surface area contributed by atoms with Crippen LogP contribution in [0.5, 0.6) is 0 Å². The smallest absolute Gasteiger partial charge is 0.293 e. The van der Waals surface area contributed by atoms with Gasteiger partial charge in [-0.1, -0.05) is 18.2 Å². The number of nitro benzene ring substituents is 1. The van der Waals surface area contributed by atoms with Gasteiger partial charge >= 0.3 is 0 Å². The predicted octanol–water partition coefficient (Wildman–Crippen LogP) is 2.64. The molecule has 33 heavy (non-hydrogen) atoms. The Morgan fingerprint density at radius 3 is 2.42 bits per heavy atom. The van der Waals surface area contributed by atoms with E-state index in [4.69, 9.17) is 0 Å². The fraction of sp³-hybridized carbons (Fsp3) is 0.478. The van der Waals surface area contributed by atoms with E-state index < -0.39 is 14.9 Å². The molecule has 0 unspecified atom stereocenters. The minimum atomic E-state index is -3.77. The van der Waals surface area contributed by atoms with Crippen molar-refractivity contribution in [2.75, 3.05) is 63.2 Å². The van der Waals surface area contributed by atoms with Crippen LogP contribution in [-0.2, 0) is 10.0 Å². The molecule has 2 aliphatic heterocycles. The molecule has 2 saturated heterocycles. The van der Waals surface area contributed by atoms with Crippen molar-refractivity contribution in [1.82, 2.24) is 9.21 Å². The summed E-state index contributed by atoms with van der Waals surface area (Å²) in [7, 11) is 0.195. The van der Waals surface area contributed by atoms with E-state index in [1.165, 1.54) is 16.4 Å². The number of hydrogen-bond acceptors (Lipinski definition) is 7. The number of piperazine rings is 1. The molecule has 0 saturated carbocycles. The number of hydrogen-bond donors (Lipinski definition) is 0. The molecule has 0 spiro atoms. The molecule has 0 amide bonds. The first-order chi connectivity index (χ1) is 15.8. The molecule has 10 heteroatoms. The molecule has 4 rings (SSSR count). The maximum Gasteiger partial charge on any atom is 0.293 e. The summed E-state index contributed by atoms with van der Waals surface area (Å²) in [6, 6.07) is 14.5. The Kier molecular flexibility index (Phi) is 6.87. The summed E-state index contributed by atoms with van der Waals surface area (Å²) in [5.74, 6) is 0. The standard InChI is InChI=1S/C23H31N5O4S/c1-24-13-15-26(16-14-24)33(31,32)21-10-11-22(23(17-21)28(29)30)27-12-6-9-20(27)18-25(2)19-7-4-3-5-8-19/h3-5,7-8,10-11,17,20H,6,9,12-16,18H2,1-2H3/t20-/m1/s1. The number of para-hydroxylation sites is 1. The zero-order chi connectivity index (χ0) is 23.6. The van der Waals surface area contributed by atoms with Gasteiger partial charge < -0.3 is 14.7 Å². The topological polar surface area (TPSA) is 90.2 Å². The van der Waals surface area contributed by atoms with E-state index >= 15 is 0 Å². The molecule has 2 fully saturated rings. The van der Waals surface area contributed by atoms with Crippen LogP contribution in [0, 0.1) is 10.1 Å². The first kappa shape index (κ1) is 23.5. The van der Waals surface area contributed by atoms with Gasteiger partial charge in [0.1, 0.15) is 5.69 Å². The largest absolute Gasteiger partial charge is 0.373 e. The van der Waals surface area contributed by atoms with Crippen molar-refractivity contribution in [3.05, 3.63) is 58.6 Å². The van der Waals surface area contributed by atoms with Crippen LogP contribution in [0.15, 0.2) is 53.4 Å². The van der Waals surface area contributed by atoms with E-state index in [1.807, 2.05) is 44.4 Å². The zero-order valence-electron chi connectivity index (χ0n) is 19.1. The normalized spacial score (nSPS) is 20.2. The molecule has 0 aromatic heterocycles. The number of sulfonamides is 1. The lowest BCUT2D eigenvalue weighted by Gasteiger charge is -2.32. The molecular weight excluding hydrogens is 442 g/mol. The highest BCUT2D eigenvalue weighted by Crippen LogP contribution is 2.36. The minimum Gasteiger partial charge on any atom is -0.373 e. The molecule has 2 aromatic rings. The van der Waals surface area contributed by atoms with Crippen LogP contribution in [0.25, 0.3) is 0 Å². The van der Waals surface area contributed by atoms with Crippen molar-refractivity contribution < 1.29 is 13.3 Å². The number of benzene rings is 2. The molecular formula is C23H31N5O4S. The van der Waals surface area contributed by atoms with Crippen LogP contribution in [0.3, 0.4) is 0 Å². The molecule has 1 atom stereocenters. The highest BCUT2D eigenvalue weighted by atomic mass is 32.2. The van der Waals surface area contributed by atoms with Crippen molar-refractivity contribution in [3.63, 3.8) is 0 Å². The maximum atomic E-state index is 13.1. The Hall–Kier alpha value is -2.69. The van der Waals surface area contributed by atoms with Crippen LogP contribution in [0.2, 0.25) is 0 Å². The Labute approximate surface area is 195 Å². The second-order valence-corrected chi connectivity index (χ2v) is 10.8. The molecule has 178 valence electrons. The Morgan fingerprint density at radius 1 is 1.06 bits per heavy atom. The van der Waals surface area contributed by atoms with Gasteiger partial charge in [0.05, 0.1) is 9.82 Å². The number of anilines is 2. The third-order valence-corrected chi connectivity index (χ3v) is 8.51. The van der Waals surface area contributed by atoms with E-state index in [1.54, 1.807) is 6.07 Å². The SMILES string of the molecule is CN1CCN(S(=O)(=O)c2ccc(N3CCC[C@@H]3CN(C)c3ccccc3)c([N+](=O)[O-])c2)CC1. The Morgan fingerprint density at radius 2 is 1.76 bits per heavy atom. The monoisotopic (exact) mass is 473 g/mol. The lowest BCUT2D eigenvalue weighted by Crippen LogP contribution is -2.47. The van der Waals surface area contributed by atoms with Crippen LogP contribution < -0.4 is 9.80 Å². The molecule has 0 bridgehead atoms. The summed E-state index contributed by atoms with van der Waals surface area (Å²) in [6.45, 7) is 3.48. The number of nitrogens with zero attached hydrogens (tertiary/aromatic N) is 5. The Bertz CT molecular complexity index is 1090. The molecule has 0 radical (unpaired) electrons. The molecule has 0 aliphatic carbocycles. The zero-order valence-corrected chi connectivity index (χ0v) is 19.9. The molecule has 2 heterocycles. The van der Waals surface area contributed by atoms with Crippen molar-refractivity contribution in [2.45, 2.75) is 23.8 Å². The fourth-order valence-corrected chi connectivity index (χ4v) is 6.12. The van der Waals surface area contributed by atoms with E-state index in [0.29, 0.717) is 38.4 Å². The summed E-state index contributed by atoms with van der Waals surface area (Å²) < 4.78 is 27.7. The van der Waals surface area contributed by atoms with Gasteiger partial charge in [-0.05, 0) is 44.2 Å². The van der Waals surface area contributed by atoms with E-state index in [9.17, 15) is 18.5 Å². The summed E-state index contributed by atoms with van der Waals surface area (Å²) in [4.78, 5) is 17.8. The van der Waals surface area contributed by atoms with Crippen molar-refractivity contribution in [1.29, 1.82) is 0 Å². The number of nitro groups is 1. The van der Waals surface area contributed by atoms with Gasteiger partial charge in [0.15, 0.2) is 0 Å². The van der Waals surface area contributed by atoms with E-state index in [2.05, 4.69) is 14.7 Å². The first-order valence-corrected chi connectivity index (χ1v) is 12.7. The summed E-state index contributed by atoms with van der Waals surface area (Å²) in [6.07, 6.45) is 1.86. The third kappa shape index (κ3) is 4.97. The van der Waals surface area contributed by atoms with Gasteiger partial charge in [-0.25, -0.2) is 8.42 Å². The van der Waals surface area contributed by atoms with Crippen LogP contribution in [-0.4, -0.2) is 82.0 Å². The Balaban J connectivity index is 1.59. The molecule has 9 nitrogen and oxygen atoms in total. The van der Waals surface area contributed by atoms with Crippen LogP contribution in [0.4, 0.5) is 17.1 Å². The maximum absolute atomic E-state index is 13.1. The number of rotatable bonds is 7. The van der Waals surface area contributed by atoms with Crippen molar-refractivity contribution >= 4 is 27.1 Å². The number of likely N-dealkylation sites (N-methyl/N-ethyl adjacent to an activating group) is 2. The van der Waals surface area contributed by atoms with Crippen molar-refractivity contribution in [3.8, 4) is 0 Å². The molecule has 2 aromatic carbocycles. The lowest BCUT2D eigenvalue weighted by molar-refractivity contribution is -0.384. The molecule has 0 N–H and O–H groups in total. The summed E-state index contributed by atoms with van der Waals surface area (Å²) in [5.41, 5.74) is 1.42. The summed E-state index contributed by atoms with van der Waals surface area (Å²) >= 11 is 0. The van der Waals surface area contributed by atoms with Gasteiger partial charge in [-0.3, -0.25) is 10.1 Å². The molecule has 2 aliphatic rings. The minimum absolute atomic E-state index is 0.0142. The van der Waals surface area contributed by atoms with E-state index in [-0.39, 0.29) is 16.6 Å². The van der Waals surface area contributed by atoms with Crippen LogP contribution >= 0.6 is 0 Å². The van der Waals surface area contributed by atoms with Gasteiger partial charge in [0, 0.05) is 64.1 Å². The van der Waals surface area contributed by atoms with Gasteiger partial charge in [-0.2, -0.15) is 4.31 Å². The second-order valence-electron chi connectivity index (χ2n) is 8.82. The highest BCUT2D eigenvalue weighted by Gasteiger charge is 2.34. The first-order valence-electron chi connectivity index (χ1n) is 11.3. The summed E-state index contributed by atoms with van der Waals surface area (Å²) in [5, 5.41) is 12.0. The fourth-order valence-electron chi connectivity index (χ4n) is 4.68. The van der Waals surface area contributed by atoms with Gasteiger partial charge in [0.25, 0.3) is 5.69 Å². The average molecular weight is 474 g/mol. The second kappa shape index (κ2) is 9.66. The van der Waals surface area contributed by atoms with Gasteiger partial charge in [-0.15, -0.1) is 0 Å². The van der Waals surface area contributed by atoms with Crippen LogP contribution in [0.1, 0.15) is 12.8 Å². The quantitative estimate of drug-likeness (QED) is 0.451. The average Bonchev–Trinajstić information content (AvgIpc) is 3.27. The lowest BCUT2D eigenvalue weighted by atomic mass is 10.1. The predicted molar refractivity (Wildman–Crippen MR) is 129 cm³/mol. The van der Waals surface area contributed by atoms with Gasteiger partial charge in [0.2, 0.25) is 10.0 Å². The highest BCUT2D eigenvalue weighted by molar-refractivity contribution is 7.89. The van der Waals surface area contributed by atoms with E-state index in [0.717, 1.165) is 25.1 Å².